The maximum absolute atomic E-state index is 13.1. The topological polar surface area (TPSA) is 110 Å². The van der Waals surface area contributed by atoms with Gasteiger partial charge in [0.2, 0.25) is 11.7 Å². The maximum Gasteiger partial charge on any atom is 0.252 e. The smallest absolute Gasteiger partial charge is 0.252 e. The standard InChI is InChI=1S/C21H21ClFN3O5/c1-29-17-8-12(9-18(30-2)20(17)31-3)16(11-24)26-19(27)6-7-25-21(28)14-5-4-13(23)10-15(14)22/h4-5,8-10,16H,6-7H2,1-3H3,(H,25,28)(H,26,27). The van der Waals surface area contributed by atoms with Crippen LogP contribution in [0.1, 0.15) is 28.4 Å². The number of nitriles is 1. The number of hydrogen-bond acceptors (Lipinski definition) is 6. The lowest BCUT2D eigenvalue weighted by Crippen LogP contribution is -2.32. The van der Waals surface area contributed by atoms with Crippen molar-refractivity contribution in [3.63, 3.8) is 0 Å². The lowest BCUT2D eigenvalue weighted by atomic mass is 10.1. The molecule has 0 heterocycles. The molecular formula is C21H21ClFN3O5. The molecular weight excluding hydrogens is 429 g/mol. The van der Waals surface area contributed by atoms with Crippen molar-refractivity contribution in [3.8, 4) is 23.3 Å². The second kappa shape index (κ2) is 11.0. The number of amides is 2. The number of hydrogen-bond donors (Lipinski definition) is 2. The summed E-state index contributed by atoms with van der Waals surface area (Å²) in [5, 5.41) is 14.6. The van der Waals surface area contributed by atoms with Crippen molar-refractivity contribution < 1.29 is 28.2 Å². The number of methoxy groups -OCH3 is 3. The Kier molecular flexibility index (Phi) is 8.46. The molecule has 0 bridgehead atoms. The van der Waals surface area contributed by atoms with E-state index in [1.165, 1.54) is 27.4 Å². The molecule has 10 heteroatoms. The molecule has 0 aromatic heterocycles. The van der Waals surface area contributed by atoms with Crippen LogP contribution in [0.2, 0.25) is 5.02 Å². The molecule has 164 valence electrons. The highest BCUT2D eigenvalue weighted by Crippen LogP contribution is 2.39. The summed E-state index contributed by atoms with van der Waals surface area (Å²) in [6.07, 6.45) is -0.0901. The molecule has 2 amide bonds. The summed E-state index contributed by atoms with van der Waals surface area (Å²) >= 11 is 5.85. The van der Waals surface area contributed by atoms with E-state index in [0.29, 0.717) is 22.8 Å². The molecule has 1 atom stereocenters. The Morgan fingerprint density at radius 1 is 1.13 bits per heavy atom. The molecule has 0 radical (unpaired) electrons. The van der Waals surface area contributed by atoms with E-state index in [9.17, 15) is 19.2 Å². The maximum atomic E-state index is 13.1. The van der Waals surface area contributed by atoms with E-state index in [0.717, 1.165) is 12.1 Å². The first-order valence-corrected chi connectivity index (χ1v) is 9.44. The van der Waals surface area contributed by atoms with E-state index < -0.39 is 23.7 Å². The third-order valence-corrected chi connectivity index (χ3v) is 4.58. The van der Waals surface area contributed by atoms with Crippen LogP contribution in [0.5, 0.6) is 17.2 Å². The number of halogens is 2. The predicted octanol–water partition coefficient (Wildman–Crippen LogP) is 3.01. The third-order valence-electron chi connectivity index (χ3n) is 4.27. The Morgan fingerprint density at radius 3 is 2.29 bits per heavy atom. The highest BCUT2D eigenvalue weighted by Gasteiger charge is 2.20. The molecule has 2 aromatic rings. The molecule has 1 unspecified atom stereocenters. The highest BCUT2D eigenvalue weighted by molar-refractivity contribution is 6.33. The monoisotopic (exact) mass is 449 g/mol. The summed E-state index contributed by atoms with van der Waals surface area (Å²) in [6, 6.07) is 7.54. The van der Waals surface area contributed by atoms with Gasteiger partial charge in [0.25, 0.3) is 5.91 Å². The first-order chi connectivity index (χ1) is 14.8. The van der Waals surface area contributed by atoms with Crippen molar-refractivity contribution in [3.05, 3.63) is 52.3 Å². The fourth-order valence-electron chi connectivity index (χ4n) is 2.75. The molecule has 0 fully saturated rings. The number of ether oxygens (including phenoxy) is 3. The van der Waals surface area contributed by atoms with Crippen LogP contribution >= 0.6 is 11.6 Å². The van der Waals surface area contributed by atoms with Crippen molar-refractivity contribution in [2.75, 3.05) is 27.9 Å². The van der Waals surface area contributed by atoms with E-state index in [1.54, 1.807) is 12.1 Å². The molecule has 0 spiro atoms. The number of nitrogens with one attached hydrogen (secondary N) is 2. The summed E-state index contributed by atoms with van der Waals surface area (Å²) in [6.45, 7) is -0.00816. The van der Waals surface area contributed by atoms with Gasteiger partial charge in [-0.1, -0.05) is 11.6 Å². The second-order valence-electron chi connectivity index (χ2n) is 6.22. The van der Waals surface area contributed by atoms with Gasteiger partial charge in [0.15, 0.2) is 11.5 Å². The van der Waals surface area contributed by atoms with Crippen LogP contribution in [0.25, 0.3) is 0 Å². The first-order valence-electron chi connectivity index (χ1n) is 9.06. The Morgan fingerprint density at radius 2 is 1.77 bits per heavy atom. The normalized spacial score (nSPS) is 11.1. The number of rotatable bonds is 9. The molecule has 8 nitrogen and oxygen atoms in total. The first kappa shape index (κ1) is 23.8. The van der Waals surface area contributed by atoms with E-state index in [-0.39, 0.29) is 23.6 Å². The number of benzene rings is 2. The van der Waals surface area contributed by atoms with Gasteiger partial charge in [0.05, 0.1) is 38.0 Å². The van der Waals surface area contributed by atoms with Gasteiger partial charge in [-0.15, -0.1) is 0 Å². The minimum Gasteiger partial charge on any atom is -0.493 e. The van der Waals surface area contributed by atoms with Gasteiger partial charge in [0.1, 0.15) is 11.9 Å². The van der Waals surface area contributed by atoms with E-state index >= 15 is 0 Å². The van der Waals surface area contributed by atoms with Gasteiger partial charge in [-0.2, -0.15) is 5.26 Å². The summed E-state index contributed by atoms with van der Waals surface area (Å²) in [7, 11) is 4.34. The molecule has 31 heavy (non-hydrogen) atoms. The van der Waals surface area contributed by atoms with Crippen LogP contribution < -0.4 is 24.8 Å². The zero-order chi connectivity index (χ0) is 23.0. The Balaban J connectivity index is 2.00. The van der Waals surface area contributed by atoms with Gasteiger partial charge < -0.3 is 24.8 Å². The summed E-state index contributed by atoms with van der Waals surface area (Å²) in [4.78, 5) is 24.4. The molecule has 2 rings (SSSR count). The lowest BCUT2D eigenvalue weighted by molar-refractivity contribution is -0.121. The fourth-order valence-corrected chi connectivity index (χ4v) is 3.00. The largest absolute Gasteiger partial charge is 0.493 e. The average molecular weight is 450 g/mol. The lowest BCUT2D eigenvalue weighted by Gasteiger charge is -2.17. The van der Waals surface area contributed by atoms with Gasteiger partial charge in [0, 0.05) is 13.0 Å². The van der Waals surface area contributed by atoms with Gasteiger partial charge in [-0.05, 0) is 35.9 Å². The van der Waals surface area contributed by atoms with Crippen molar-refractivity contribution >= 4 is 23.4 Å². The number of carbonyl (C=O) groups excluding carboxylic acids is 2. The van der Waals surface area contributed by atoms with E-state index in [2.05, 4.69) is 10.6 Å². The van der Waals surface area contributed by atoms with Gasteiger partial charge in [-0.3, -0.25) is 9.59 Å². The molecule has 0 aliphatic rings. The van der Waals surface area contributed by atoms with Crippen molar-refractivity contribution in [1.29, 1.82) is 5.26 Å². The van der Waals surface area contributed by atoms with Crippen LogP contribution in [0.4, 0.5) is 4.39 Å². The molecule has 0 saturated carbocycles. The van der Waals surface area contributed by atoms with Gasteiger partial charge >= 0.3 is 0 Å². The van der Waals surface area contributed by atoms with E-state index in [1.807, 2.05) is 6.07 Å². The van der Waals surface area contributed by atoms with Crippen LogP contribution in [0.15, 0.2) is 30.3 Å². The SMILES string of the molecule is COc1cc(C(C#N)NC(=O)CCNC(=O)c2ccc(F)cc2Cl)cc(OC)c1OC. The molecule has 2 N–H and O–H groups in total. The number of carbonyl (C=O) groups is 2. The third kappa shape index (κ3) is 5.99. The minimum absolute atomic E-state index is 0.00816. The molecule has 2 aromatic carbocycles. The van der Waals surface area contributed by atoms with Crippen LogP contribution in [0.3, 0.4) is 0 Å². The van der Waals surface area contributed by atoms with Crippen LogP contribution in [-0.2, 0) is 4.79 Å². The molecule has 0 aliphatic heterocycles. The molecule has 0 aliphatic carbocycles. The molecule has 0 saturated heterocycles. The Hall–Kier alpha value is -3.51. The Labute approximate surface area is 183 Å². The van der Waals surface area contributed by atoms with Crippen LogP contribution in [-0.4, -0.2) is 39.7 Å². The van der Waals surface area contributed by atoms with Gasteiger partial charge in [-0.25, -0.2) is 4.39 Å². The summed E-state index contributed by atoms with van der Waals surface area (Å²) in [5.41, 5.74) is 0.531. The average Bonchev–Trinajstić information content (AvgIpc) is 2.76. The summed E-state index contributed by atoms with van der Waals surface area (Å²) < 4.78 is 28.8. The quantitative estimate of drug-likeness (QED) is 0.609. The minimum atomic E-state index is -0.983. The zero-order valence-corrected chi connectivity index (χ0v) is 17.9. The highest BCUT2D eigenvalue weighted by atomic mass is 35.5. The predicted molar refractivity (Wildman–Crippen MR) is 111 cm³/mol. The van der Waals surface area contributed by atoms with E-state index in [4.69, 9.17) is 25.8 Å². The van der Waals surface area contributed by atoms with Crippen LogP contribution in [0, 0.1) is 17.1 Å². The van der Waals surface area contributed by atoms with Crippen molar-refractivity contribution in [1.82, 2.24) is 10.6 Å². The second-order valence-corrected chi connectivity index (χ2v) is 6.63. The Bertz CT molecular complexity index is 984. The summed E-state index contributed by atoms with van der Waals surface area (Å²) in [5.74, 6) is -0.524. The number of nitrogens with zero attached hydrogens (tertiary/aromatic N) is 1. The zero-order valence-electron chi connectivity index (χ0n) is 17.1. The van der Waals surface area contributed by atoms with Crippen molar-refractivity contribution in [2.45, 2.75) is 12.5 Å². The fraction of sp³-hybridized carbons (Fsp3) is 0.286. The van der Waals surface area contributed by atoms with Crippen molar-refractivity contribution in [2.24, 2.45) is 0 Å².